The van der Waals surface area contributed by atoms with Gasteiger partial charge in [0.2, 0.25) is 33.9 Å². The van der Waals surface area contributed by atoms with Gasteiger partial charge < -0.3 is 10.6 Å². The number of nitrogens with one attached hydrogen (secondary N) is 2. The smallest absolute Gasteiger partial charge is 0.233 e. The first kappa shape index (κ1) is 31.0. The maximum Gasteiger partial charge on any atom is 0.233 e. The van der Waals surface area contributed by atoms with Crippen LogP contribution in [0.3, 0.4) is 0 Å². The molecule has 2 N–H and O–H groups in total. The molecule has 8 nitrogen and oxygen atoms in total. The van der Waals surface area contributed by atoms with Crippen LogP contribution >= 0.6 is 0 Å². The normalized spacial score (nSPS) is 11.4. The third kappa shape index (κ3) is 6.66. The molecular formula is C38H42N6O2+2. The Morgan fingerprint density at radius 3 is 1.35 bits per heavy atom. The van der Waals surface area contributed by atoms with Crippen LogP contribution in [0.2, 0.25) is 0 Å². The van der Waals surface area contributed by atoms with Crippen molar-refractivity contribution in [2.45, 2.75) is 78.3 Å². The van der Waals surface area contributed by atoms with Crippen molar-refractivity contribution in [3.05, 3.63) is 84.9 Å². The van der Waals surface area contributed by atoms with Gasteiger partial charge in [0.25, 0.3) is 0 Å². The maximum absolute atomic E-state index is 12.8. The van der Waals surface area contributed by atoms with Crippen LogP contribution in [0.5, 0.6) is 0 Å². The Bertz CT molecular complexity index is 1890. The minimum atomic E-state index is 0.0163. The topological polar surface area (TPSA) is 91.7 Å². The van der Waals surface area contributed by atoms with Gasteiger partial charge in [0.15, 0.2) is 11.0 Å². The zero-order valence-electron chi connectivity index (χ0n) is 26.8. The molecule has 4 aromatic carbocycles. The van der Waals surface area contributed by atoms with Crippen LogP contribution in [0.4, 0.5) is 11.4 Å². The fraction of sp³-hybridized carbons (Fsp3) is 0.316. The molecule has 6 aromatic rings. The average molecular weight is 615 g/mol. The van der Waals surface area contributed by atoms with Gasteiger partial charge in [0.1, 0.15) is 24.1 Å². The number of anilines is 2. The van der Waals surface area contributed by atoms with E-state index in [-0.39, 0.29) is 11.8 Å². The van der Waals surface area contributed by atoms with Crippen molar-refractivity contribution in [3.8, 4) is 0 Å². The monoisotopic (exact) mass is 614 g/mol. The van der Waals surface area contributed by atoms with E-state index in [0.29, 0.717) is 12.8 Å². The van der Waals surface area contributed by atoms with Crippen LogP contribution in [-0.4, -0.2) is 21.8 Å². The van der Waals surface area contributed by atoms with Crippen molar-refractivity contribution >= 4 is 67.3 Å². The number of unbranched alkanes of at least 4 members (excludes halogenated alkanes) is 5. The number of amides is 2. The van der Waals surface area contributed by atoms with Crippen molar-refractivity contribution in [1.29, 1.82) is 0 Å². The number of fused-ring (bicyclic) bond motifs is 4. The highest BCUT2D eigenvalue weighted by molar-refractivity contribution is 6.00. The molecule has 0 aliphatic heterocycles. The molecule has 0 saturated carbocycles. The SMILES string of the molecule is CC[n+]1c2ccccc2nc2c(NC(=O)CCCCCCCCC(=O)Nc3cccc4c3nc3ccccc3[n+]4CC)cccc21. The molecule has 0 unspecified atom stereocenters. The number of para-hydroxylation sites is 6. The quantitative estimate of drug-likeness (QED) is 0.0806. The Hall–Kier alpha value is -4.98. The molecule has 0 spiro atoms. The van der Waals surface area contributed by atoms with Gasteiger partial charge >= 0.3 is 0 Å². The lowest BCUT2D eigenvalue weighted by Crippen LogP contribution is -2.34. The second-order valence-corrected chi connectivity index (χ2v) is 11.8. The summed E-state index contributed by atoms with van der Waals surface area (Å²) in [5.74, 6) is 0.0325. The van der Waals surface area contributed by atoms with Gasteiger partial charge in [-0.05, 0) is 51.0 Å². The van der Waals surface area contributed by atoms with Gasteiger partial charge in [-0.15, -0.1) is 0 Å². The molecule has 0 radical (unpaired) electrons. The van der Waals surface area contributed by atoms with Gasteiger partial charge in [0.05, 0.1) is 11.4 Å². The van der Waals surface area contributed by atoms with Gasteiger partial charge in [-0.1, -0.05) is 62.1 Å². The van der Waals surface area contributed by atoms with Gasteiger partial charge in [0, 0.05) is 37.1 Å². The van der Waals surface area contributed by atoms with E-state index in [0.717, 1.165) is 107 Å². The van der Waals surface area contributed by atoms with Gasteiger partial charge in [-0.25, -0.2) is 9.97 Å². The molecule has 0 aliphatic carbocycles. The average Bonchev–Trinajstić information content (AvgIpc) is 3.07. The Labute approximate surface area is 269 Å². The van der Waals surface area contributed by atoms with Crippen LogP contribution in [0.1, 0.15) is 65.2 Å². The van der Waals surface area contributed by atoms with Crippen molar-refractivity contribution in [2.75, 3.05) is 10.6 Å². The van der Waals surface area contributed by atoms with Crippen LogP contribution in [-0.2, 0) is 22.7 Å². The van der Waals surface area contributed by atoms with E-state index in [1.165, 1.54) is 0 Å². The Morgan fingerprint density at radius 2 is 0.913 bits per heavy atom. The third-order valence-corrected chi connectivity index (χ3v) is 8.66. The molecule has 0 aliphatic rings. The van der Waals surface area contributed by atoms with Gasteiger partial charge in [-0.2, -0.15) is 9.13 Å². The molecule has 234 valence electrons. The minimum Gasteiger partial charge on any atom is -0.324 e. The Balaban J connectivity index is 0.939. The van der Waals surface area contributed by atoms with Crippen LogP contribution in [0, 0.1) is 0 Å². The Kier molecular flexibility index (Phi) is 9.72. The maximum atomic E-state index is 12.8. The predicted octanol–water partition coefficient (Wildman–Crippen LogP) is 7.40. The summed E-state index contributed by atoms with van der Waals surface area (Å²) in [6.07, 6.45) is 6.70. The predicted molar refractivity (Wildman–Crippen MR) is 184 cm³/mol. The number of rotatable bonds is 13. The molecule has 8 heteroatoms. The summed E-state index contributed by atoms with van der Waals surface area (Å²) in [5, 5.41) is 6.21. The largest absolute Gasteiger partial charge is 0.324 e. The van der Waals surface area contributed by atoms with Crippen molar-refractivity contribution in [1.82, 2.24) is 9.97 Å². The van der Waals surface area contributed by atoms with E-state index >= 15 is 0 Å². The summed E-state index contributed by atoms with van der Waals surface area (Å²) in [7, 11) is 0. The molecule has 0 atom stereocenters. The fourth-order valence-electron chi connectivity index (χ4n) is 6.39. The highest BCUT2D eigenvalue weighted by Crippen LogP contribution is 2.24. The van der Waals surface area contributed by atoms with E-state index in [1.54, 1.807) is 0 Å². The number of hydrogen-bond acceptors (Lipinski definition) is 4. The number of hydrogen-bond donors (Lipinski definition) is 2. The number of nitrogens with zero attached hydrogens (tertiary/aromatic N) is 4. The van der Waals surface area contributed by atoms with E-state index in [2.05, 4.69) is 57.9 Å². The molecule has 46 heavy (non-hydrogen) atoms. The van der Waals surface area contributed by atoms with Crippen molar-refractivity contribution in [3.63, 3.8) is 0 Å². The lowest BCUT2D eigenvalue weighted by molar-refractivity contribution is -0.642. The summed E-state index contributed by atoms with van der Waals surface area (Å²) < 4.78 is 4.47. The molecule has 6 rings (SSSR count). The Morgan fingerprint density at radius 1 is 0.522 bits per heavy atom. The van der Waals surface area contributed by atoms with Crippen molar-refractivity contribution in [2.24, 2.45) is 0 Å². The summed E-state index contributed by atoms with van der Waals surface area (Å²) >= 11 is 0. The lowest BCUT2D eigenvalue weighted by atomic mass is 10.1. The number of carbonyl (C=O) groups is 2. The summed E-state index contributed by atoms with van der Waals surface area (Å²) in [6.45, 7) is 5.89. The third-order valence-electron chi connectivity index (χ3n) is 8.66. The zero-order chi connectivity index (χ0) is 31.9. The first-order valence-electron chi connectivity index (χ1n) is 16.6. The second kappa shape index (κ2) is 14.4. The number of carbonyl (C=O) groups excluding carboxylic acids is 2. The first-order valence-corrected chi connectivity index (χ1v) is 16.6. The van der Waals surface area contributed by atoms with Gasteiger partial charge in [-0.3, -0.25) is 9.59 Å². The van der Waals surface area contributed by atoms with E-state index in [4.69, 9.17) is 9.97 Å². The molecule has 2 amide bonds. The van der Waals surface area contributed by atoms with Crippen LogP contribution < -0.4 is 19.8 Å². The molecule has 0 bridgehead atoms. The summed E-state index contributed by atoms with van der Waals surface area (Å²) in [4.78, 5) is 35.4. The van der Waals surface area contributed by atoms with E-state index in [1.807, 2.05) is 60.7 Å². The molecule has 2 aromatic heterocycles. The van der Waals surface area contributed by atoms with Crippen molar-refractivity contribution < 1.29 is 18.7 Å². The zero-order valence-corrected chi connectivity index (χ0v) is 26.8. The molecule has 2 heterocycles. The number of benzene rings is 4. The molecule has 0 fully saturated rings. The summed E-state index contributed by atoms with van der Waals surface area (Å²) in [5.41, 5.74) is 9.17. The summed E-state index contributed by atoms with van der Waals surface area (Å²) in [6, 6.07) is 28.1. The van der Waals surface area contributed by atoms with Crippen LogP contribution in [0.25, 0.3) is 44.1 Å². The highest BCUT2D eigenvalue weighted by atomic mass is 16.2. The number of aromatic nitrogens is 4. The number of aryl methyl sites for hydroxylation is 2. The molecule has 0 saturated heterocycles. The highest BCUT2D eigenvalue weighted by Gasteiger charge is 2.19. The van der Waals surface area contributed by atoms with Crippen LogP contribution in [0.15, 0.2) is 84.9 Å². The first-order chi connectivity index (χ1) is 22.6. The lowest BCUT2D eigenvalue weighted by Gasteiger charge is -2.10. The molecular weight excluding hydrogens is 572 g/mol. The second-order valence-electron chi connectivity index (χ2n) is 11.8. The van der Waals surface area contributed by atoms with E-state index < -0.39 is 0 Å². The fourth-order valence-corrected chi connectivity index (χ4v) is 6.39. The minimum absolute atomic E-state index is 0.0163. The standard InChI is InChI=1S/C38H40N6O2/c1-3-43-31-21-13-11-17-27(31)41-37-29(19-15-23-33(37)43)39-35(45)25-9-7-5-6-8-10-26-36(46)40-30-20-16-24-34-38(30)42-28-18-12-14-22-32(28)44(34)4-2/h11-24H,3-10,25-26H2,1-2H3/p+2. The van der Waals surface area contributed by atoms with E-state index in [9.17, 15) is 9.59 Å².